The fourth-order valence-corrected chi connectivity index (χ4v) is 3.47. The van der Waals surface area contributed by atoms with Gasteiger partial charge in [0, 0.05) is 50.7 Å². The van der Waals surface area contributed by atoms with Gasteiger partial charge in [-0.3, -0.25) is 9.69 Å². The number of anilines is 1. The lowest BCUT2D eigenvalue weighted by molar-refractivity contribution is -0.122. The van der Waals surface area contributed by atoms with Crippen LogP contribution >= 0.6 is 11.5 Å². The summed E-state index contributed by atoms with van der Waals surface area (Å²) >= 11 is 1.47. The maximum atomic E-state index is 12.1. The molecule has 1 fully saturated rings. The number of aryl methyl sites for hydroxylation is 1. The summed E-state index contributed by atoms with van der Waals surface area (Å²) in [6.45, 7) is 6.65. The Morgan fingerprint density at radius 1 is 1.21 bits per heavy atom. The highest BCUT2D eigenvalue weighted by molar-refractivity contribution is 7.09. The van der Waals surface area contributed by atoms with Crippen molar-refractivity contribution in [3.8, 4) is 0 Å². The average molecular weight is 345 g/mol. The fourth-order valence-electron chi connectivity index (χ4n) is 2.67. The SMILES string of the molecule is CCc1nsc(N2CCN(CC(=O)NCc3ccccc3)CC2)n1. The van der Waals surface area contributed by atoms with Crippen LogP contribution in [0.25, 0.3) is 0 Å². The van der Waals surface area contributed by atoms with E-state index in [1.165, 1.54) is 11.5 Å². The maximum absolute atomic E-state index is 12.1. The maximum Gasteiger partial charge on any atom is 0.234 e. The molecule has 24 heavy (non-hydrogen) atoms. The van der Waals surface area contributed by atoms with Crippen molar-refractivity contribution in [2.45, 2.75) is 19.9 Å². The first-order chi connectivity index (χ1) is 11.7. The van der Waals surface area contributed by atoms with Gasteiger partial charge >= 0.3 is 0 Å². The number of carbonyl (C=O) groups excluding carboxylic acids is 1. The highest BCUT2D eigenvalue weighted by atomic mass is 32.1. The van der Waals surface area contributed by atoms with E-state index < -0.39 is 0 Å². The summed E-state index contributed by atoms with van der Waals surface area (Å²) in [5.41, 5.74) is 1.12. The van der Waals surface area contributed by atoms with E-state index in [0.29, 0.717) is 13.1 Å². The van der Waals surface area contributed by atoms with Gasteiger partial charge in [0.15, 0.2) is 0 Å². The van der Waals surface area contributed by atoms with E-state index >= 15 is 0 Å². The predicted molar refractivity (Wildman–Crippen MR) is 96.2 cm³/mol. The molecule has 128 valence electrons. The number of amides is 1. The molecule has 0 unspecified atom stereocenters. The fraction of sp³-hybridized carbons (Fsp3) is 0.471. The van der Waals surface area contributed by atoms with E-state index in [1.807, 2.05) is 30.3 Å². The van der Waals surface area contributed by atoms with E-state index in [-0.39, 0.29) is 5.91 Å². The predicted octanol–water partition coefficient (Wildman–Crippen LogP) is 1.54. The third-order valence-corrected chi connectivity index (χ3v) is 4.93. The minimum atomic E-state index is 0.0801. The number of nitrogens with one attached hydrogen (secondary N) is 1. The normalized spacial score (nSPS) is 15.5. The number of hydrogen-bond donors (Lipinski definition) is 1. The summed E-state index contributed by atoms with van der Waals surface area (Å²) in [7, 11) is 0. The molecule has 0 atom stereocenters. The summed E-state index contributed by atoms with van der Waals surface area (Å²) in [6, 6.07) is 9.99. The molecule has 0 saturated carbocycles. The lowest BCUT2D eigenvalue weighted by Gasteiger charge is -2.33. The number of rotatable bonds is 6. The molecular formula is C17H23N5OS. The van der Waals surface area contributed by atoms with Crippen molar-refractivity contribution in [1.29, 1.82) is 0 Å². The molecule has 7 heteroatoms. The zero-order valence-corrected chi connectivity index (χ0v) is 14.8. The Morgan fingerprint density at radius 3 is 2.62 bits per heavy atom. The Morgan fingerprint density at radius 2 is 1.96 bits per heavy atom. The van der Waals surface area contributed by atoms with Crippen molar-refractivity contribution in [2.75, 3.05) is 37.6 Å². The molecule has 2 aromatic rings. The molecule has 2 heterocycles. The lowest BCUT2D eigenvalue weighted by atomic mass is 10.2. The van der Waals surface area contributed by atoms with Gasteiger partial charge in [-0.1, -0.05) is 37.3 Å². The van der Waals surface area contributed by atoms with Crippen LogP contribution in [0.3, 0.4) is 0 Å². The van der Waals surface area contributed by atoms with Crippen molar-refractivity contribution in [3.63, 3.8) is 0 Å². The summed E-state index contributed by atoms with van der Waals surface area (Å²) in [5.74, 6) is 0.995. The van der Waals surface area contributed by atoms with Gasteiger partial charge < -0.3 is 10.2 Å². The van der Waals surface area contributed by atoms with Gasteiger partial charge in [-0.25, -0.2) is 4.98 Å². The van der Waals surface area contributed by atoms with Crippen LogP contribution in [0.1, 0.15) is 18.3 Å². The molecule has 1 amide bonds. The smallest absolute Gasteiger partial charge is 0.234 e. The van der Waals surface area contributed by atoms with E-state index in [1.54, 1.807) is 0 Å². The second-order valence-electron chi connectivity index (χ2n) is 5.87. The van der Waals surface area contributed by atoms with Crippen LogP contribution in [0, 0.1) is 0 Å². The Hall–Kier alpha value is -1.99. The number of hydrogen-bond acceptors (Lipinski definition) is 6. The van der Waals surface area contributed by atoms with E-state index in [0.717, 1.165) is 49.1 Å². The van der Waals surface area contributed by atoms with Crippen molar-refractivity contribution in [2.24, 2.45) is 0 Å². The van der Waals surface area contributed by atoms with Crippen LogP contribution < -0.4 is 10.2 Å². The Bertz CT molecular complexity index is 652. The standard InChI is InChI=1S/C17H23N5OS/c1-2-15-19-17(24-20-15)22-10-8-21(9-11-22)13-16(23)18-12-14-6-4-3-5-7-14/h3-7H,2,8-13H2,1H3,(H,18,23). The third kappa shape index (κ3) is 4.52. The van der Waals surface area contributed by atoms with Crippen molar-refractivity contribution in [1.82, 2.24) is 19.6 Å². The molecular weight excluding hydrogens is 322 g/mol. The van der Waals surface area contributed by atoms with Gasteiger partial charge in [0.05, 0.1) is 6.54 Å². The molecule has 1 aliphatic heterocycles. The van der Waals surface area contributed by atoms with Gasteiger partial charge in [-0.05, 0) is 5.56 Å². The molecule has 0 aliphatic carbocycles. The minimum Gasteiger partial charge on any atom is -0.351 e. The number of aromatic nitrogens is 2. The van der Waals surface area contributed by atoms with Crippen LogP contribution in [-0.2, 0) is 17.8 Å². The third-order valence-electron chi connectivity index (χ3n) is 4.12. The molecule has 0 spiro atoms. The van der Waals surface area contributed by atoms with Crippen LogP contribution in [0.2, 0.25) is 0 Å². The Kier molecular flexibility index (Phi) is 5.77. The van der Waals surface area contributed by atoms with Crippen LogP contribution in [0.5, 0.6) is 0 Å². The minimum absolute atomic E-state index is 0.0801. The number of nitrogens with zero attached hydrogens (tertiary/aromatic N) is 4. The topological polar surface area (TPSA) is 61.4 Å². The first kappa shape index (κ1) is 16.9. The van der Waals surface area contributed by atoms with Crippen molar-refractivity contribution >= 4 is 22.6 Å². The van der Waals surface area contributed by atoms with Crippen molar-refractivity contribution in [3.05, 3.63) is 41.7 Å². The molecule has 0 bridgehead atoms. The number of piperazine rings is 1. The summed E-state index contributed by atoms with van der Waals surface area (Å²) in [4.78, 5) is 21.1. The summed E-state index contributed by atoms with van der Waals surface area (Å²) in [6.07, 6.45) is 0.873. The highest BCUT2D eigenvalue weighted by Crippen LogP contribution is 2.19. The Labute approximate surface area is 146 Å². The van der Waals surface area contributed by atoms with Crippen LogP contribution in [-0.4, -0.2) is 52.9 Å². The van der Waals surface area contributed by atoms with Crippen molar-refractivity contribution < 1.29 is 4.79 Å². The molecule has 3 rings (SSSR count). The second-order valence-corrected chi connectivity index (χ2v) is 6.60. The molecule has 1 aromatic carbocycles. The largest absolute Gasteiger partial charge is 0.351 e. The number of benzene rings is 1. The molecule has 1 aliphatic rings. The van der Waals surface area contributed by atoms with E-state index in [9.17, 15) is 4.79 Å². The second kappa shape index (κ2) is 8.21. The zero-order chi connectivity index (χ0) is 16.8. The van der Waals surface area contributed by atoms with Crippen LogP contribution in [0.4, 0.5) is 5.13 Å². The average Bonchev–Trinajstić information content (AvgIpc) is 3.11. The quantitative estimate of drug-likeness (QED) is 0.860. The van der Waals surface area contributed by atoms with E-state index in [4.69, 9.17) is 0 Å². The monoisotopic (exact) mass is 345 g/mol. The molecule has 1 saturated heterocycles. The van der Waals surface area contributed by atoms with Crippen LogP contribution in [0.15, 0.2) is 30.3 Å². The number of carbonyl (C=O) groups is 1. The zero-order valence-electron chi connectivity index (χ0n) is 13.9. The molecule has 1 N–H and O–H groups in total. The Balaban J connectivity index is 1.41. The molecule has 0 radical (unpaired) electrons. The van der Waals surface area contributed by atoms with E-state index in [2.05, 4.69) is 31.4 Å². The van der Waals surface area contributed by atoms with Gasteiger partial charge in [0.1, 0.15) is 5.82 Å². The summed E-state index contributed by atoms with van der Waals surface area (Å²) < 4.78 is 4.34. The van der Waals surface area contributed by atoms with Gasteiger partial charge in [-0.15, -0.1) is 0 Å². The first-order valence-corrected chi connectivity index (χ1v) is 9.12. The van der Waals surface area contributed by atoms with Gasteiger partial charge in [0.25, 0.3) is 0 Å². The first-order valence-electron chi connectivity index (χ1n) is 8.35. The lowest BCUT2D eigenvalue weighted by Crippen LogP contribution is -2.49. The summed E-state index contributed by atoms with van der Waals surface area (Å²) in [5, 5.41) is 3.99. The molecule has 1 aromatic heterocycles. The van der Waals surface area contributed by atoms with Gasteiger partial charge in [0.2, 0.25) is 11.0 Å². The van der Waals surface area contributed by atoms with Gasteiger partial charge in [-0.2, -0.15) is 4.37 Å². The highest BCUT2D eigenvalue weighted by Gasteiger charge is 2.21. The molecule has 6 nitrogen and oxygen atoms in total.